The van der Waals surface area contributed by atoms with E-state index in [9.17, 15) is 9.59 Å². The largest absolute Gasteiger partial charge is 0.325 e. The maximum Gasteiger partial charge on any atom is 0.325 e. The van der Waals surface area contributed by atoms with Gasteiger partial charge in [-0.3, -0.25) is 15.1 Å². The molecule has 0 aliphatic heterocycles. The van der Waals surface area contributed by atoms with Crippen LogP contribution in [0, 0.1) is 6.92 Å². The van der Waals surface area contributed by atoms with Crippen LogP contribution >= 0.6 is 11.8 Å². The van der Waals surface area contributed by atoms with E-state index in [0.29, 0.717) is 10.7 Å². The molecule has 0 bridgehead atoms. The van der Waals surface area contributed by atoms with Gasteiger partial charge < -0.3 is 5.32 Å². The Morgan fingerprint density at radius 1 is 1.08 bits per heavy atom. The molecule has 0 aliphatic carbocycles. The Bertz CT molecular complexity index is 917. The van der Waals surface area contributed by atoms with Gasteiger partial charge in [0.2, 0.25) is 5.91 Å². The van der Waals surface area contributed by atoms with Gasteiger partial charge >= 0.3 is 6.03 Å². The number of amides is 3. The molecule has 7 nitrogen and oxygen atoms in total. The lowest BCUT2D eigenvalue weighted by Crippen LogP contribution is -2.35. The van der Waals surface area contributed by atoms with Crippen molar-refractivity contribution in [2.75, 3.05) is 11.1 Å². The van der Waals surface area contributed by atoms with Crippen LogP contribution in [0.25, 0.3) is 11.0 Å². The first-order valence-electron chi connectivity index (χ1n) is 7.49. The van der Waals surface area contributed by atoms with E-state index in [1.165, 1.54) is 18.0 Å². The molecule has 0 spiro atoms. The summed E-state index contributed by atoms with van der Waals surface area (Å²) in [7, 11) is 0. The highest BCUT2D eigenvalue weighted by Crippen LogP contribution is 2.21. The summed E-state index contributed by atoms with van der Waals surface area (Å²) in [6.45, 7) is 1.84. The molecule has 0 saturated carbocycles. The predicted octanol–water partition coefficient (Wildman–Crippen LogP) is 2.77. The molecular formula is C17H15N5O2S. The molecule has 0 fully saturated rings. The smallest absolute Gasteiger partial charge is 0.306 e. The summed E-state index contributed by atoms with van der Waals surface area (Å²) in [5, 5.41) is 5.47. The van der Waals surface area contributed by atoms with Gasteiger partial charge in [0, 0.05) is 6.20 Å². The van der Waals surface area contributed by atoms with E-state index in [1.54, 1.807) is 18.3 Å². The van der Waals surface area contributed by atoms with Crippen molar-refractivity contribution in [3.63, 3.8) is 0 Å². The zero-order valence-corrected chi connectivity index (χ0v) is 14.2. The summed E-state index contributed by atoms with van der Waals surface area (Å²) < 4.78 is 0. The van der Waals surface area contributed by atoms with E-state index in [1.807, 2.05) is 31.2 Å². The molecule has 0 unspecified atom stereocenters. The standard InChI is InChI=1S/C17H15N5O2S/c1-11-16(21-14-7-3-2-6-13(14)19-11)25-10-15(23)22-17(24)20-12-5-4-8-18-9-12/h2-9H,10H2,1H3,(H2,20,22,23,24). The molecule has 8 heteroatoms. The van der Waals surface area contributed by atoms with E-state index in [0.717, 1.165) is 16.7 Å². The molecule has 2 aromatic heterocycles. The van der Waals surface area contributed by atoms with Gasteiger partial charge in [0.25, 0.3) is 0 Å². The van der Waals surface area contributed by atoms with Crippen LogP contribution in [0.5, 0.6) is 0 Å². The highest BCUT2D eigenvalue weighted by atomic mass is 32.2. The third-order valence-corrected chi connectivity index (χ3v) is 4.28. The van der Waals surface area contributed by atoms with Crippen LogP contribution in [0.2, 0.25) is 0 Å². The molecule has 0 aliphatic rings. The fourth-order valence-corrected chi connectivity index (χ4v) is 2.86. The summed E-state index contributed by atoms with van der Waals surface area (Å²) in [4.78, 5) is 36.6. The van der Waals surface area contributed by atoms with Gasteiger partial charge in [-0.15, -0.1) is 0 Å². The Hall–Kier alpha value is -3.00. The van der Waals surface area contributed by atoms with Gasteiger partial charge in [-0.2, -0.15) is 0 Å². The second kappa shape index (κ2) is 7.71. The molecule has 25 heavy (non-hydrogen) atoms. The normalized spacial score (nSPS) is 10.4. The molecule has 3 amide bonds. The number of fused-ring (bicyclic) bond motifs is 1. The van der Waals surface area contributed by atoms with Crippen LogP contribution in [0.4, 0.5) is 10.5 Å². The molecular weight excluding hydrogens is 338 g/mol. The van der Waals surface area contributed by atoms with E-state index in [-0.39, 0.29) is 5.75 Å². The van der Waals surface area contributed by atoms with Gasteiger partial charge in [0.15, 0.2) is 0 Å². The van der Waals surface area contributed by atoms with Crippen LogP contribution < -0.4 is 10.6 Å². The monoisotopic (exact) mass is 353 g/mol. The topological polar surface area (TPSA) is 96.9 Å². The number of hydrogen-bond donors (Lipinski definition) is 2. The number of pyridine rings is 1. The number of urea groups is 1. The molecule has 2 N–H and O–H groups in total. The molecule has 1 aromatic carbocycles. The first kappa shape index (κ1) is 16.8. The zero-order chi connectivity index (χ0) is 17.6. The van der Waals surface area contributed by atoms with Gasteiger partial charge in [-0.05, 0) is 31.2 Å². The number of nitrogens with zero attached hydrogens (tertiary/aromatic N) is 3. The number of para-hydroxylation sites is 2. The summed E-state index contributed by atoms with van der Waals surface area (Å²) in [6, 6.07) is 10.3. The average Bonchev–Trinajstić information content (AvgIpc) is 2.60. The molecule has 0 atom stereocenters. The Kier molecular flexibility index (Phi) is 5.20. The van der Waals surface area contributed by atoms with Crippen molar-refractivity contribution in [3.05, 3.63) is 54.5 Å². The summed E-state index contributed by atoms with van der Waals surface area (Å²) in [5.41, 5.74) is 2.84. The lowest BCUT2D eigenvalue weighted by molar-refractivity contribution is -0.117. The van der Waals surface area contributed by atoms with Crippen LogP contribution in [0.1, 0.15) is 5.69 Å². The SMILES string of the molecule is Cc1nc2ccccc2nc1SCC(=O)NC(=O)Nc1cccnc1. The number of nitrogens with one attached hydrogen (secondary N) is 2. The summed E-state index contributed by atoms with van der Waals surface area (Å²) in [5.74, 6) is -0.352. The van der Waals surface area contributed by atoms with Gasteiger partial charge in [0.1, 0.15) is 5.03 Å². The fraction of sp³-hybridized carbons (Fsp3) is 0.118. The Morgan fingerprint density at radius 2 is 1.84 bits per heavy atom. The van der Waals surface area contributed by atoms with E-state index in [2.05, 4.69) is 25.6 Å². The van der Waals surface area contributed by atoms with Crippen LogP contribution in [-0.2, 0) is 4.79 Å². The van der Waals surface area contributed by atoms with Crippen LogP contribution in [0.15, 0.2) is 53.8 Å². The number of thioether (sulfide) groups is 1. The number of imide groups is 1. The van der Waals surface area contributed by atoms with E-state index in [4.69, 9.17) is 0 Å². The molecule has 2 heterocycles. The maximum atomic E-state index is 11.9. The lowest BCUT2D eigenvalue weighted by Gasteiger charge is -2.07. The number of hydrogen-bond acceptors (Lipinski definition) is 6. The Morgan fingerprint density at radius 3 is 2.56 bits per heavy atom. The minimum Gasteiger partial charge on any atom is -0.306 e. The van der Waals surface area contributed by atoms with Gasteiger partial charge in [-0.1, -0.05) is 23.9 Å². The molecule has 0 radical (unpaired) electrons. The first-order valence-corrected chi connectivity index (χ1v) is 8.47. The predicted molar refractivity (Wildman–Crippen MR) is 96.4 cm³/mol. The van der Waals surface area contributed by atoms with E-state index >= 15 is 0 Å². The third-order valence-electron chi connectivity index (χ3n) is 3.21. The fourth-order valence-electron chi connectivity index (χ4n) is 2.10. The molecule has 3 rings (SSSR count). The Labute approximate surface area is 148 Å². The van der Waals surface area contributed by atoms with Crippen molar-refractivity contribution in [2.24, 2.45) is 0 Å². The van der Waals surface area contributed by atoms with Crippen molar-refractivity contribution < 1.29 is 9.59 Å². The number of carbonyl (C=O) groups excluding carboxylic acids is 2. The summed E-state index contributed by atoms with van der Waals surface area (Å²) in [6.07, 6.45) is 3.09. The summed E-state index contributed by atoms with van der Waals surface area (Å²) >= 11 is 1.24. The number of aromatic nitrogens is 3. The first-order chi connectivity index (χ1) is 12.1. The van der Waals surface area contributed by atoms with Crippen molar-refractivity contribution >= 4 is 40.4 Å². The second-order valence-electron chi connectivity index (χ2n) is 5.14. The molecule has 126 valence electrons. The lowest BCUT2D eigenvalue weighted by atomic mass is 10.3. The number of benzene rings is 1. The van der Waals surface area contributed by atoms with Crippen molar-refractivity contribution in [2.45, 2.75) is 11.9 Å². The van der Waals surface area contributed by atoms with Crippen LogP contribution in [-0.4, -0.2) is 32.6 Å². The highest BCUT2D eigenvalue weighted by molar-refractivity contribution is 7.99. The van der Waals surface area contributed by atoms with Crippen molar-refractivity contribution in [3.8, 4) is 0 Å². The second-order valence-corrected chi connectivity index (χ2v) is 6.10. The number of rotatable bonds is 4. The highest BCUT2D eigenvalue weighted by Gasteiger charge is 2.11. The minimum atomic E-state index is -0.597. The van der Waals surface area contributed by atoms with Gasteiger partial charge in [0.05, 0.1) is 34.4 Å². The zero-order valence-electron chi connectivity index (χ0n) is 13.4. The van der Waals surface area contributed by atoms with Crippen LogP contribution in [0.3, 0.4) is 0 Å². The maximum absolute atomic E-state index is 11.9. The average molecular weight is 353 g/mol. The minimum absolute atomic E-state index is 0.0638. The Balaban J connectivity index is 1.57. The van der Waals surface area contributed by atoms with E-state index < -0.39 is 11.9 Å². The third kappa shape index (κ3) is 4.51. The number of carbonyl (C=O) groups is 2. The number of anilines is 1. The van der Waals surface area contributed by atoms with Gasteiger partial charge in [-0.25, -0.2) is 14.8 Å². The van der Waals surface area contributed by atoms with Crippen molar-refractivity contribution in [1.29, 1.82) is 0 Å². The number of aryl methyl sites for hydroxylation is 1. The quantitative estimate of drug-likeness (QED) is 0.700. The molecule has 3 aromatic rings. The molecule has 0 saturated heterocycles. The van der Waals surface area contributed by atoms with Crippen molar-refractivity contribution in [1.82, 2.24) is 20.3 Å².